The van der Waals surface area contributed by atoms with Gasteiger partial charge in [-0.2, -0.15) is 20.2 Å². The third-order valence-corrected chi connectivity index (χ3v) is 5.66. The number of carbonyl (C=O) groups is 3. The highest BCUT2D eigenvalue weighted by molar-refractivity contribution is 7.99. The Kier molecular flexibility index (Phi) is 13.6. The summed E-state index contributed by atoms with van der Waals surface area (Å²) >= 11 is 1.36. The van der Waals surface area contributed by atoms with Crippen molar-refractivity contribution in [2.24, 2.45) is 5.41 Å². The minimum absolute atomic E-state index is 0.00552. The molecular weight excluding hydrogens is 440 g/mol. The molecule has 12 heteroatoms. The van der Waals surface area contributed by atoms with Crippen molar-refractivity contribution < 1.29 is 46.7 Å². The van der Waals surface area contributed by atoms with E-state index >= 15 is 0 Å². The minimum Gasteiger partial charge on any atom is -0.465 e. The molecule has 0 rings (SSSR count). The summed E-state index contributed by atoms with van der Waals surface area (Å²) in [6, 6.07) is 0. The molecule has 0 atom stereocenters. The van der Waals surface area contributed by atoms with Gasteiger partial charge < -0.3 is 19.3 Å². The van der Waals surface area contributed by atoms with Crippen molar-refractivity contribution in [3.8, 4) is 0 Å². The molecule has 0 aliphatic carbocycles. The first-order valence-electron chi connectivity index (χ1n) is 9.16. The standard InChI is InChI=1S/C18H30O10S2/c1-14(11-27-15(20)5-7-19)12-28-16(21)6-9-29-13-18(2,3)17(22)26-8-4-10-30(23,24)25/h19H,1,4-13H2,2-3H3,(H,23,24,25). The smallest absolute Gasteiger partial charge is 0.312 e. The van der Waals surface area contributed by atoms with E-state index in [1.807, 2.05) is 0 Å². The Morgan fingerprint density at radius 1 is 1.03 bits per heavy atom. The van der Waals surface area contributed by atoms with Gasteiger partial charge in [0, 0.05) is 11.5 Å². The Morgan fingerprint density at radius 2 is 1.60 bits per heavy atom. The lowest BCUT2D eigenvalue weighted by Crippen LogP contribution is -2.30. The van der Waals surface area contributed by atoms with Crippen LogP contribution < -0.4 is 0 Å². The number of esters is 3. The van der Waals surface area contributed by atoms with Gasteiger partial charge in [-0.15, -0.1) is 0 Å². The number of rotatable bonds is 16. The Labute approximate surface area is 181 Å². The average Bonchev–Trinajstić information content (AvgIpc) is 2.64. The summed E-state index contributed by atoms with van der Waals surface area (Å²) < 4.78 is 44.7. The number of hydrogen-bond donors (Lipinski definition) is 2. The summed E-state index contributed by atoms with van der Waals surface area (Å²) in [5.74, 6) is -1.21. The molecule has 0 heterocycles. The summed E-state index contributed by atoms with van der Waals surface area (Å²) in [5, 5.41) is 8.59. The Hall–Kier alpha value is -1.63. The van der Waals surface area contributed by atoms with Gasteiger partial charge in [0.25, 0.3) is 10.1 Å². The number of thioether (sulfide) groups is 1. The van der Waals surface area contributed by atoms with Gasteiger partial charge in [-0.05, 0) is 25.8 Å². The first-order valence-corrected chi connectivity index (χ1v) is 11.9. The maximum atomic E-state index is 12.0. The molecule has 0 saturated carbocycles. The summed E-state index contributed by atoms with van der Waals surface area (Å²) in [5.41, 5.74) is -0.431. The lowest BCUT2D eigenvalue weighted by Gasteiger charge is -2.22. The van der Waals surface area contributed by atoms with Crippen molar-refractivity contribution in [1.29, 1.82) is 0 Å². The van der Waals surface area contributed by atoms with Crippen molar-refractivity contribution >= 4 is 39.8 Å². The van der Waals surface area contributed by atoms with Gasteiger partial charge in [0.15, 0.2) is 0 Å². The molecule has 30 heavy (non-hydrogen) atoms. The molecule has 0 spiro atoms. The Morgan fingerprint density at radius 3 is 2.13 bits per heavy atom. The SMILES string of the molecule is C=C(COC(=O)CCO)COC(=O)CCSCC(C)(C)C(=O)OCCCS(=O)(=O)O. The lowest BCUT2D eigenvalue weighted by molar-refractivity contribution is -0.152. The van der Waals surface area contributed by atoms with Gasteiger partial charge in [0.1, 0.15) is 13.2 Å². The van der Waals surface area contributed by atoms with E-state index < -0.39 is 39.2 Å². The van der Waals surface area contributed by atoms with E-state index in [9.17, 15) is 22.8 Å². The topological polar surface area (TPSA) is 154 Å². The normalized spacial score (nSPS) is 11.6. The van der Waals surface area contributed by atoms with Gasteiger partial charge in [0.2, 0.25) is 0 Å². The van der Waals surface area contributed by atoms with Crippen LogP contribution in [0.2, 0.25) is 0 Å². The van der Waals surface area contributed by atoms with E-state index in [1.165, 1.54) is 11.8 Å². The summed E-state index contributed by atoms with van der Waals surface area (Å²) in [7, 11) is -4.08. The molecule has 10 nitrogen and oxygen atoms in total. The molecule has 0 saturated heterocycles. The largest absolute Gasteiger partial charge is 0.465 e. The van der Waals surface area contributed by atoms with Crippen LogP contribution in [0.15, 0.2) is 12.2 Å². The van der Waals surface area contributed by atoms with E-state index in [-0.39, 0.29) is 45.7 Å². The molecule has 0 aromatic carbocycles. The van der Waals surface area contributed by atoms with Crippen molar-refractivity contribution in [3.63, 3.8) is 0 Å². The van der Waals surface area contributed by atoms with Crippen LogP contribution in [-0.4, -0.2) is 79.7 Å². The molecule has 0 radical (unpaired) electrons. The van der Waals surface area contributed by atoms with Gasteiger partial charge >= 0.3 is 17.9 Å². The molecule has 174 valence electrons. The molecule has 0 aromatic heterocycles. The number of carbonyl (C=O) groups excluding carboxylic acids is 3. The van der Waals surface area contributed by atoms with Crippen LogP contribution in [0.25, 0.3) is 0 Å². The van der Waals surface area contributed by atoms with Crippen molar-refractivity contribution in [3.05, 3.63) is 12.2 Å². The highest BCUT2D eigenvalue weighted by atomic mass is 32.2. The predicted octanol–water partition coefficient (Wildman–Crippen LogP) is 0.982. The average molecular weight is 471 g/mol. The molecule has 0 fully saturated rings. The van der Waals surface area contributed by atoms with E-state index in [2.05, 4.69) is 6.58 Å². The van der Waals surface area contributed by atoms with E-state index in [0.717, 1.165) is 0 Å². The third-order valence-electron chi connectivity index (χ3n) is 3.44. The third kappa shape index (κ3) is 15.2. The van der Waals surface area contributed by atoms with Crippen LogP contribution in [0.3, 0.4) is 0 Å². The Bertz CT molecular complexity index is 685. The summed E-state index contributed by atoms with van der Waals surface area (Å²) in [6.07, 6.45) is 0.00600. The molecule has 0 amide bonds. The van der Waals surface area contributed by atoms with Crippen LogP contribution in [0.1, 0.15) is 33.1 Å². The molecule has 0 aliphatic rings. The van der Waals surface area contributed by atoms with Gasteiger partial charge in [0.05, 0.1) is 37.2 Å². The van der Waals surface area contributed by atoms with Crippen LogP contribution >= 0.6 is 11.8 Å². The monoisotopic (exact) mass is 470 g/mol. The summed E-state index contributed by atoms with van der Waals surface area (Å²) in [6.45, 7) is 6.37. The predicted molar refractivity (Wildman–Crippen MR) is 110 cm³/mol. The highest BCUT2D eigenvalue weighted by Crippen LogP contribution is 2.24. The molecule has 0 unspecified atom stereocenters. The first kappa shape index (κ1) is 28.4. The number of hydrogen-bond acceptors (Lipinski definition) is 10. The molecule has 0 bridgehead atoms. The van der Waals surface area contributed by atoms with Crippen molar-refractivity contribution in [2.75, 3.05) is 43.7 Å². The van der Waals surface area contributed by atoms with Crippen LogP contribution in [-0.2, 0) is 38.7 Å². The highest BCUT2D eigenvalue weighted by Gasteiger charge is 2.29. The molecule has 0 aliphatic heterocycles. The zero-order valence-corrected chi connectivity index (χ0v) is 18.9. The zero-order chi connectivity index (χ0) is 23.2. The van der Waals surface area contributed by atoms with Gasteiger partial charge in [-0.3, -0.25) is 18.9 Å². The van der Waals surface area contributed by atoms with E-state index in [1.54, 1.807) is 13.8 Å². The van der Waals surface area contributed by atoms with Crippen LogP contribution in [0, 0.1) is 5.41 Å². The van der Waals surface area contributed by atoms with Crippen LogP contribution in [0.4, 0.5) is 0 Å². The first-order chi connectivity index (χ1) is 13.9. The minimum atomic E-state index is -4.08. The fourth-order valence-corrected chi connectivity index (χ4v) is 3.35. The number of aliphatic hydroxyl groups is 1. The van der Waals surface area contributed by atoms with Crippen molar-refractivity contribution in [1.82, 2.24) is 0 Å². The van der Waals surface area contributed by atoms with Crippen LogP contribution in [0.5, 0.6) is 0 Å². The number of ether oxygens (including phenoxy) is 3. The van der Waals surface area contributed by atoms with Gasteiger partial charge in [-0.1, -0.05) is 6.58 Å². The lowest BCUT2D eigenvalue weighted by atomic mass is 9.97. The molecule has 2 N–H and O–H groups in total. The quantitative estimate of drug-likeness (QED) is 0.109. The second kappa shape index (κ2) is 14.4. The van der Waals surface area contributed by atoms with E-state index in [0.29, 0.717) is 17.1 Å². The number of aliphatic hydroxyl groups excluding tert-OH is 1. The molecular formula is C18H30O10S2. The maximum Gasteiger partial charge on any atom is 0.312 e. The van der Waals surface area contributed by atoms with Gasteiger partial charge in [-0.25, -0.2) is 0 Å². The summed E-state index contributed by atoms with van der Waals surface area (Å²) in [4.78, 5) is 34.9. The zero-order valence-electron chi connectivity index (χ0n) is 17.3. The second-order valence-electron chi connectivity index (χ2n) is 7.01. The fraction of sp³-hybridized carbons (Fsp3) is 0.722. The fourth-order valence-electron chi connectivity index (χ4n) is 1.79. The Balaban J connectivity index is 3.97. The maximum absolute atomic E-state index is 12.0. The molecule has 0 aromatic rings. The van der Waals surface area contributed by atoms with Crippen molar-refractivity contribution in [2.45, 2.75) is 33.1 Å². The second-order valence-corrected chi connectivity index (χ2v) is 9.68. The van der Waals surface area contributed by atoms with E-state index in [4.69, 9.17) is 23.9 Å².